The molecule has 0 N–H and O–H groups in total. The van der Waals surface area contributed by atoms with Gasteiger partial charge in [-0.05, 0) is 24.1 Å². The largest absolute Gasteiger partial charge is 0.243 e. The minimum Gasteiger partial charge on any atom is -0.207 e. The maximum Gasteiger partial charge on any atom is 0.243 e. The van der Waals surface area contributed by atoms with Gasteiger partial charge in [-0.25, -0.2) is 8.42 Å². The molecular weight excluding hydrogens is 258 g/mol. The van der Waals surface area contributed by atoms with Crippen LogP contribution < -0.4 is 0 Å². The zero-order valence-electron chi connectivity index (χ0n) is 11.1. The Kier molecular flexibility index (Phi) is 4.02. The molecule has 100 valence electrons. The summed E-state index contributed by atoms with van der Waals surface area (Å²) < 4.78 is 26.3. The minimum absolute atomic E-state index is 0.369. The fourth-order valence-corrected chi connectivity index (χ4v) is 3.32. The van der Waals surface area contributed by atoms with Crippen LogP contribution in [0.4, 0.5) is 0 Å². The predicted octanol–water partition coefficient (Wildman–Crippen LogP) is 2.82. The van der Waals surface area contributed by atoms with Crippen LogP contribution in [0.5, 0.6) is 0 Å². The van der Waals surface area contributed by atoms with Gasteiger partial charge in [0.2, 0.25) is 10.0 Å². The molecule has 0 aliphatic rings. The summed E-state index contributed by atoms with van der Waals surface area (Å²) in [5.41, 5.74) is 1.74. The second-order valence-corrected chi connectivity index (χ2v) is 6.53. The van der Waals surface area contributed by atoms with Crippen LogP contribution in [0, 0.1) is 6.92 Å². The molecule has 0 bridgehead atoms. The molecule has 2 aromatic rings. The van der Waals surface area contributed by atoms with Gasteiger partial charge in [0.15, 0.2) is 0 Å². The van der Waals surface area contributed by atoms with E-state index in [-0.39, 0.29) is 0 Å². The SMILES string of the molecule is Cc1ccccc1S(=O)(=O)N(C)Cc1ccccc1. The lowest BCUT2D eigenvalue weighted by molar-refractivity contribution is 0.466. The van der Waals surface area contributed by atoms with E-state index in [0.29, 0.717) is 11.4 Å². The molecule has 0 radical (unpaired) electrons. The molecule has 0 heterocycles. The van der Waals surface area contributed by atoms with Crippen LogP contribution in [0.3, 0.4) is 0 Å². The Labute approximate surface area is 114 Å². The summed E-state index contributed by atoms with van der Waals surface area (Å²) in [6.07, 6.45) is 0. The Bertz CT molecular complexity index is 651. The minimum atomic E-state index is -3.43. The smallest absolute Gasteiger partial charge is 0.207 e. The summed E-state index contributed by atoms with van der Waals surface area (Å²) in [6, 6.07) is 16.6. The van der Waals surface area contributed by atoms with E-state index in [9.17, 15) is 8.42 Å². The number of sulfonamides is 1. The molecule has 0 saturated heterocycles. The van der Waals surface area contributed by atoms with Gasteiger partial charge in [-0.1, -0.05) is 48.5 Å². The lowest BCUT2D eigenvalue weighted by atomic mass is 10.2. The number of aryl methyl sites for hydroxylation is 1. The summed E-state index contributed by atoms with van der Waals surface area (Å²) >= 11 is 0. The van der Waals surface area contributed by atoms with Gasteiger partial charge in [0, 0.05) is 13.6 Å². The van der Waals surface area contributed by atoms with Crippen molar-refractivity contribution in [1.82, 2.24) is 4.31 Å². The Morgan fingerprint density at radius 1 is 0.947 bits per heavy atom. The maximum absolute atomic E-state index is 12.5. The van der Waals surface area contributed by atoms with Gasteiger partial charge in [-0.3, -0.25) is 0 Å². The molecule has 0 saturated carbocycles. The van der Waals surface area contributed by atoms with Crippen molar-refractivity contribution in [1.29, 1.82) is 0 Å². The highest BCUT2D eigenvalue weighted by atomic mass is 32.2. The first-order valence-corrected chi connectivity index (χ1v) is 7.52. The van der Waals surface area contributed by atoms with Crippen LogP contribution in [0.15, 0.2) is 59.5 Å². The van der Waals surface area contributed by atoms with E-state index in [1.807, 2.05) is 49.4 Å². The van der Waals surface area contributed by atoms with Crippen LogP contribution >= 0.6 is 0 Å². The summed E-state index contributed by atoms with van der Waals surface area (Å²) in [4.78, 5) is 0.369. The topological polar surface area (TPSA) is 37.4 Å². The predicted molar refractivity (Wildman–Crippen MR) is 76.3 cm³/mol. The second kappa shape index (κ2) is 5.55. The number of rotatable bonds is 4. The first kappa shape index (κ1) is 13.8. The van der Waals surface area contributed by atoms with E-state index in [1.165, 1.54) is 4.31 Å². The normalized spacial score (nSPS) is 11.7. The van der Waals surface area contributed by atoms with Gasteiger partial charge in [0.1, 0.15) is 0 Å². The molecule has 0 atom stereocenters. The van der Waals surface area contributed by atoms with Gasteiger partial charge in [0.25, 0.3) is 0 Å². The number of hydrogen-bond acceptors (Lipinski definition) is 2. The van der Waals surface area contributed by atoms with Crippen LogP contribution in [-0.4, -0.2) is 19.8 Å². The molecule has 0 amide bonds. The summed E-state index contributed by atoms with van der Waals surface area (Å²) in [5.74, 6) is 0. The molecule has 2 rings (SSSR count). The molecule has 0 spiro atoms. The van der Waals surface area contributed by atoms with Gasteiger partial charge < -0.3 is 0 Å². The van der Waals surface area contributed by atoms with Crippen molar-refractivity contribution in [2.45, 2.75) is 18.4 Å². The summed E-state index contributed by atoms with van der Waals surface area (Å²) in [5, 5.41) is 0. The first-order valence-electron chi connectivity index (χ1n) is 6.08. The van der Waals surface area contributed by atoms with Crippen LogP contribution in [0.2, 0.25) is 0 Å². The lowest BCUT2D eigenvalue weighted by Gasteiger charge is -2.18. The highest BCUT2D eigenvalue weighted by Gasteiger charge is 2.22. The van der Waals surface area contributed by atoms with Crippen molar-refractivity contribution in [2.75, 3.05) is 7.05 Å². The fraction of sp³-hybridized carbons (Fsp3) is 0.200. The zero-order valence-corrected chi connectivity index (χ0v) is 11.9. The van der Waals surface area contributed by atoms with Crippen LogP contribution in [0.25, 0.3) is 0 Å². The standard InChI is InChI=1S/C15H17NO2S/c1-13-8-6-7-11-15(13)19(17,18)16(2)12-14-9-4-3-5-10-14/h3-11H,12H2,1-2H3. The average Bonchev–Trinajstić information content (AvgIpc) is 2.40. The van der Waals surface area contributed by atoms with Crippen molar-refractivity contribution in [2.24, 2.45) is 0 Å². The molecule has 19 heavy (non-hydrogen) atoms. The van der Waals surface area contributed by atoms with Gasteiger partial charge in [-0.15, -0.1) is 0 Å². The first-order chi connectivity index (χ1) is 9.01. The summed E-state index contributed by atoms with van der Waals surface area (Å²) in [6.45, 7) is 2.18. The molecule has 0 fully saturated rings. The Hall–Kier alpha value is -1.65. The summed E-state index contributed by atoms with van der Waals surface area (Å²) in [7, 11) is -1.83. The average molecular weight is 275 g/mol. The van der Waals surface area contributed by atoms with Crippen molar-refractivity contribution in [3.63, 3.8) is 0 Å². The zero-order chi connectivity index (χ0) is 13.9. The Morgan fingerprint density at radius 3 is 2.16 bits per heavy atom. The second-order valence-electron chi connectivity index (χ2n) is 4.51. The van der Waals surface area contributed by atoms with E-state index in [1.54, 1.807) is 19.2 Å². The molecule has 0 aliphatic carbocycles. The monoisotopic (exact) mass is 275 g/mol. The van der Waals surface area contributed by atoms with E-state index >= 15 is 0 Å². The molecule has 3 nitrogen and oxygen atoms in total. The lowest BCUT2D eigenvalue weighted by Crippen LogP contribution is -2.27. The van der Waals surface area contributed by atoms with Gasteiger partial charge in [0.05, 0.1) is 4.90 Å². The molecule has 4 heteroatoms. The third-order valence-electron chi connectivity index (χ3n) is 3.03. The van der Waals surface area contributed by atoms with E-state index < -0.39 is 10.0 Å². The van der Waals surface area contributed by atoms with E-state index in [0.717, 1.165) is 11.1 Å². The van der Waals surface area contributed by atoms with Gasteiger partial charge >= 0.3 is 0 Å². The van der Waals surface area contributed by atoms with Crippen LogP contribution in [-0.2, 0) is 16.6 Å². The maximum atomic E-state index is 12.5. The number of nitrogens with zero attached hydrogens (tertiary/aromatic N) is 1. The molecule has 2 aromatic carbocycles. The van der Waals surface area contributed by atoms with E-state index in [4.69, 9.17) is 0 Å². The highest BCUT2D eigenvalue weighted by Crippen LogP contribution is 2.19. The van der Waals surface area contributed by atoms with Crippen molar-refractivity contribution in [3.8, 4) is 0 Å². The number of benzene rings is 2. The molecule has 0 unspecified atom stereocenters. The fourth-order valence-electron chi connectivity index (χ4n) is 1.94. The third-order valence-corrected chi connectivity index (χ3v) is 4.99. The van der Waals surface area contributed by atoms with Crippen LogP contribution in [0.1, 0.15) is 11.1 Å². The highest BCUT2D eigenvalue weighted by molar-refractivity contribution is 7.89. The van der Waals surface area contributed by atoms with Crippen molar-refractivity contribution >= 4 is 10.0 Å². The molecule has 0 aliphatic heterocycles. The van der Waals surface area contributed by atoms with Crippen molar-refractivity contribution in [3.05, 3.63) is 65.7 Å². The Morgan fingerprint density at radius 2 is 1.53 bits per heavy atom. The van der Waals surface area contributed by atoms with Gasteiger partial charge in [-0.2, -0.15) is 4.31 Å². The van der Waals surface area contributed by atoms with Crippen molar-refractivity contribution < 1.29 is 8.42 Å². The Balaban J connectivity index is 2.28. The van der Waals surface area contributed by atoms with E-state index in [2.05, 4.69) is 0 Å². The number of hydrogen-bond donors (Lipinski definition) is 0. The third kappa shape index (κ3) is 3.03. The molecular formula is C15H17NO2S. The quantitative estimate of drug-likeness (QED) is 0.860. The molecule has 0 aromatic heterocycles.